The van der Waals surface area contributed by atoms with Gasteiger partial charge in [0.15, 0.2) is 0 Å². The van der Waals surface area contributed by atoms with Crippen LogP contribution < -0.4 is 5.32 Å². The third-order valence-electron chi connectivity index (χ3n) is 3.65. The molecule has 0 aliphatic heterocycles. The number of nitrogens with zero attached hydrogens (tertiary/aromatic N) is 4. The first kappa shape index (κ1) is 15.7. The first-order valence-corrected chi connectivity index (χ1v) is 8.28. The van der Waals surface area contributed by atoms with Crippen molar-refractivity contribution in [2.45, 2.75) is 65.2 Å². The van der Waals surface area contributed by atoms with Gasteiger partial charge in [-0.1, -0.05) is 52.4 Å². The van der Waals surface area contributed by atoms with Gasteiger partial charge in [0.05, 0.1) is 0 Å². The molecule has 1 N–H and O–H groups in total. The number of aryl methyl sites for hydroxylation is 1. The summed E-state index contributed by atoms with van der Waals surface area (Å²) in [5.41, 5.74) is 1.09. The lowest BCUT2D eigenvalue weighted by molar-refractivity contribution is 0.616. The van der Waals surface area contributed by atoms with Gasteiger partial charge in [-0.25, -0.2) is 4.98 Å². The smallest absolute Gasteiger partial charge is 0.254 e. The SMILES string of the molecule is CCCCCCCCNc1cc(CCC)nc2ncnn12. The van der Waals surface area contributed by atoms with E-state index in [1.807, 2.05) is 0 Å². The second kappa shape index (κ2) is 8.60. The minimum Gasteiger partial charge on any atom is -0.370 e. The van der Waals surface area contributed by atoms with Crippen LogP contribution in [-0.2, 0) is 6.42 Å². The molecule has 0 saturated heterocycles. The zero-order valence-electron chi connectivity index (χ0n) is 13.3. The van der Waals surface area contributed by atoms with Gasteiger partial charge >= 0.3 is 0 Å². The zero-order valence-corrected chi connectivity index (χ0v) is 13.3. The second-order valence-electron chi connectivity index (χ2n) is 5.55. The molecule has 0 aliphatic carbocycles. The molecule has 0 fully saturated rings. The average molecular weight is 289 g/mol. The Bertz CT molecular complexity index is 534. The van der Waals surface area contributed by atoms with Gasteiger partial charge in [-0.3, -0.25) is 0 Å². The number of aromatic nitrogens is 4. The van der Waals surface area contributed by atoms with Crippen LogP contribution in [-0.4, -0.2) is 26.1 Å². The van der Waals surface area contributed by atoms with Gasteiger partial charge in [-0.2, -0.15) is 14.6 Å². The minimum atomic E-state index is 0.686. The number of hydrogen-bond donors (Lipinski definition) is 1. The maximum atomic E-state index is 4.51. The van der Waals surface area contributed by atoms with Gasteiger partial charge in [-0.15, -0.1) is 0 Å². The quantitative estimate of drug-likeness (QED) is 0.675. The normalized spacial score (nSPS) is 11.1. The molecule has 0 spiro atoms. The van der Waals surface area contributed by atoms with E-state index in [9.17, 15) is 0 Å². The molecule has 116 valence electrons. The molecular weight excluding hydrogens is 262 g/mol. The van der Waals surface area contributed by atoms with Crippen LogP contribution >= 0.6 is 0 Å². The lowest BCUT2D eigenvalue weighted by Gasteiger charge is -2.09. The summed E-state index contributed by atoms with van der Waals surface area (Å²) in [6.07, 6.45) is 11.5. The number of fused-ring (bicyclic) bond motifs is 1. The minimum absolute atomic E-state index is 0.686. The van der Waals surface area contributed by atoms with Crippen LogP contribution in [0, 0.1) is 0 Å². The molecule has 21 heavy (non-hydrogen) atoms. The molecule has 2 heterocycles. The summed E-state index contributed by atoms with van der Waals surface area (Å²) in [6.45, 7) is 5.40. The monoisotopic (exact) mass is 289 g/mol. The van der Waals surface area contributed by atoms with Crippen molar-refractivity contribution in [2.24, 2.45) is 0 Å². The lowest BCUT2D eigenvalue weighted by Crippen LogP contribution is -2.09. The maximum absolute atomic E-state index is 4.51. The molecule has 0 atom stereocenters. The van der Waals surface area contributed by atoms with Gasteiger partial charge in [0, 0.05) is 18.3 Å². The van der Waals surface area contributed by atoms with E-state index in [-0.39, 0.29) is 0 Å². The van der Waals surface area contributed by atoms with E-state index in [4.69, 9.17) is 0 Å². The van der Waals surface area contributed by atoms with Crippen molar-refractivity contribution in [3.63, 3.8) is 0 Å². The van der Waals surface area contributed by atoms with Gasteiger partial charge in [0.1, 0.15) is 12.1 Å². The van der Waals surface area contributed by atoms with E-state index >= 15 is 0 Å². The van der Waals surface area contributed by atoms with Crippen molar-refractivity contribution in [1.29, 1.82) is 0 Å². The van der Waals surface area contributed by atoms with Crippen molar-refractivity contribution in [3.05, 3.63) is 18.1 Å². The fourth-order valence-corrected chi connectivity index (χ4v) is 2.49. The molecule has 0 unspecified atom stereocenters. The van der Waals surface area contributed by atoms with E-state index in [0.717, 1.165) is 30.9 Å². The summed E-state index contributed by atoms with van der Waals surface area (Å²) in [5.74, 6) is 1.70. The predicted molar refractivity (Wildman–Crippen MR) is 86.6 cm³/mol. The Kier molecular flexibility index (Phi) is 6.44. The van der Waals surface area contributed by atoms with Crippen LogP contribution in [0.4, 0.5) is 5.82 Å². The van der Waals surface area contributed by atoms with Gasteiger partial charge < -0.3 is 5.32 Å². The summed E-state index contributed by atoms with van der Waals surface area (Å²) in [6, 6.07) is 2.10. The van der Waals surface area contributed by atoms with Gasteiger partial charge in [0.2, 0.25) is 0 Å². The molecule has 0 radical (unpaired) electrons. The number of hydrogen-bond acceptors (Lipinski definition) is 4. The van der Waals surface area contributed by atoms with Gasteiger partial charge in [0.25, 0.3) is 5.78 Å². The maximum Gasteiger partial charge on any atom is 0.254 e. The van der Waals surface area contributed by atoms with Crippen LogP contribution in [0.3, 0.4) is 0 Å². The molecule has 0 saturated carbocycles. The van der Waals surface area contributed by atoms with Crippen molar-refractivity contribution in [2.75, 3.05) is 11.9 Å². The Hall–Kier alpha value is -1.65. The molecule has 0 aromatic carbocycles. The first-order chi connectivity index (χ1) is 10.3. The summed E-state index contributed by atoms with van der Waals surface area (Å²) in [7, 11) is 0. The third-order valence-corrected chi connectivity index (χ3v) is 3.65. The van der Waals surface area contributed by atoms with Crippen molar-refractivity contribution < 1.29 is 0 Å². The number of rotatable bonds is 10. The summed E-state index contributed by atoms with van der Waals surface area (Å²) >= 11 is 0. The number of nitrogens with one attached hydrogen (secondary N) is 1. The van der Waals surface area contributed by atoms with Crippen LogP contribution in [0.15, 0.2) is 12.4 Å². The largest absolute Gasteiger partial charge is 0.370 e. The Labute approximate surface area is 127 Å². The van der Waals surface area contributed by atoms with E-state index in [0.29, 0.717) is 5.78 Å². The summed E-state index contributed by atoms with van der Waals surface area (Å²) in [5, 5.41) is 7.72. The first-order valence-electron chi connectivity index (χ1n) is 8.28. The van der Waals surface area contributed by atoms with E-state index < -0.39 is 0 Å². The molecule has 2 aromatic rings. The topological polar surface area (TPSA) is 55.1 Å². The molecule has 0 aliphatic rings. The fraction of sp³-hybridized carbons (Fsp3) is 0.688. The Balaban J connectivity index is 1.87. The highest BCUT2D eigenvalue weighted by atomic mass is 15.3. The van der Waals surface area contributed by atoms with Gasteiger partial charge in [-0.05, 0) is 12.8 Å². The van der Waals surface area contributed by atoms with Crippen molar-refractivity contribution >= 4 is 11.6 Å². The van der Waals surface area contributed by atoms with Crippen LogP contribution in [0.2, 0.25) is 0 Å². The van der Waals surface area contributed by atoms with Crippen molar-refractivity contribution in [3.8, 4) is 0 Å². The molecule has 5 nitrogen and oxygen atoms in total. The van der Waals surface area contributed by atoms with Crippen LogP contribution in [0.5, 0.6) is 0 Å². The summed E-state index contributed by atoms with van der Waals surface area (Å²) < 4.78 is 1.79. The Morgan fingerprint density at radius 3 is 2.67 bits per heavy atom. The average Bonchev–Trinajstić information content (AvgIpc) is 2.95. The van der Waals surface area contributed by atoms with E-state index in [1.165, 1.54) is 38.5 Å². The molecule has 0 bridgehead atoms. The van der Waals surface area contributed by atoms with Crippen LogP contribution in [0.1, 0.15) is 64.5 Å². The lowest BCUT2D eigenvalue weighted by atomic mass is 10.1. The number of anilines is 1. The Morgan fingerprint density at radius 2 is 1.86 bits per heavy atom. The zero-order chi connectivity index (χ0) is 14.9. The van der Waals surface area contributed by atoms with E-state index in [2.05, 4.69) is 40.3 Å². The molecular formula is C16H27N5. The highest BCUT2D eigenvalue weighted by Crippen LogP contribution is 2.13. The predicted octanol–water partition coefficient (Wildman–Crippen LogP) is 3.85. The van der Waals surface area contributed by atoms with Crippen LogP contribution in [0.25, 0.3) is 5.78 Å². The molecule has 0 amide bonds. The standard InChI is InChI=1S/C16H27N5/c1-3-5-6-7-8-9-11-17-15-12-14(10-4-2)20-16-18-13-19-21(15)16/h12-13,17H,3-11H2,1-2H3. The van der Waals surface area contributed by atoms with Crippen molar-refractivity contribution in [1.82, 2.24) is 19.6 Å². The number of unbranched alkanes of at least 4 members (excludes halogenated alkanes) is 5. The highest BCUT2D eigenvalue weighted by Gasteiger charge is 2.06. The Morgan fingerprint density at radius 1 is 1.05 bits per heavy atom. The third kappa shape index (κ3) is 4.69. The second-order valence-corrected chi connectivity index (χ2v) is 5.55. The van der Waals surface area contributed by atoms with E-state index in [1.54, 1.807) is 10.8 Å². The molecule has 2 rings (SSSR count). The molecule has 2 aromatic heterocycles. The summed E-state index contributed by atoms with van der Waals surface area (Å²) in [4.78, 5) is 8.71. The molecule has 5 heteroatoms. The highest BCUT2D eigenvalue weighted by molar-refractivity contribution is 5.44. The fourth-order valence-electron chi connectivity index (χ4n) is 2.49.